The van der Waals surface area contributed by atoms with Crippen LogP contribution in [0.1, 0.15) is 41.5 Å². The van der Waals surface area contributed by atoms with Crippen LogP contribution in [-0.2, 0) is 24.2 Å². The summed E-state index contributed by atoms with van der Waals surface area (Å²) >= 11 is 0. The van der Waals surface area contributed by atoms with Gasteiger partial charge in [-0.2, -0.15) is 0 Å². The summed E-state index contributed by atoms with van der Waals surface area (Å²) in [6, 6.07) is 0. The zero-order valence-electron chi connectivity index (χ0n) is 13.5. The SMILES string of the molecule is CC(C)(C)n1[c-][n+](CCn2[c-][n+](C(C)(C)C)cc2)cc1. The average Bonchev–Trinajstić information content (AvgIpc) is 2.94. The highest BCUT2D eigenvalue weighted by atomic mass is 15.2. The van der Waals surface area contributed by atoms with Gasteiger partial charge in [0.15, 0.2) is 0 Å². The van der Waals surface area contributed by atoms with Crippen molar-refractivity contribution < 1.29 is 9.13 Å². The van der Waals surface area contributed by atoms with Crippen molar-refractivity contribution in [2.45, 2.75) is 65.7 Å². The number of aromatic nitrogens is 4. The lowest BCUT2D eigenvalue weighted by molar-refractivity contribution is -0.757. The van der Waals surface area contributed by atoms with E-state index in [9.17, 15) is 0 Å². The Bertz CT molecular complexity index is 512. The van der Waals surface area contributed by atoms with Crippen LogP contribution in [0.2, 0.25) is 0 Å². The van der Waals surface area contributed by atoms with E-state index < -0.39 is 0 Å². The molecule has 2 aromatic rings. The van der Waals surface area contributed by atoms with Crippen molar-refractivity contribution in [3.05, 3.63) is 37.4 Å². The molecule has 0 amide bonds. The molecule has 0 aliphatic carbocycles. The normalized spacial score (nSPS) is 12.9. The topological polar surface area (TPSA) is 17.6 Å². The van der Waals surface area contributed by atoms with Crippen LogP contribution < -0.4 is 9.13 Å². The van der Waals surface area contributed by atoms with Crippen LogP contribution in [0, 0.1) is 12.7 Å². The molecule has 0 aliphatic rings. The Morgan fingerprint density at radius 3 is 2.15 bits per heavy atom. The first kappa shape index (κ1) is 14.8. The highest BCUT2D eigenvalue weighted by Gasteiger charge is 2.15. The molecule has 0 spiro atoms. The summed E-state index contributed by atoms with van der Waals surface area (Å²) in [7, 11) is 0. The van der Waals surface area contributed by atoms with Gasteiger partial charge in [-0.1, -0.05) is 0 Å². The summed E-state index contributed by atoms with van der Waals surface area (Å²) in [5.41, 5.74) is 0.167. The number of aryl methyl sites for hydroxylation is 2. The highest BCUT2D eigenvalue weighted by Crippen LogP contribution is 2.10. The number of hydrogen-bond acceptors (Lipinski definition) is 0. The largest absolute Gasteiger partial charge is 0.348 e. The van der Waals surface area contributed by atoms with E-state index in [4.69, 9.17) is 0 Å². The Morgan fingerprint density at radius 2 is 1.65 bits per heavy atom. The third-order valence-corrected chi connectivity index (χ3v) is 3.29. The second-order valence-corrected chi connectivity index (χ2v) is 7.26. The molecule has 0 N–H and O–H groups in total. The lowest BCUT2D eigenvalue weighted by Crippen LogP contribution is -2.49. The lowest BCUT2D eigenvalue weighted by atomic mass is 10.1. The molecule has 0 bridgehead atoms. The molecular weight excluding hydrogens is 248 g/mol. The zero-order valence-corrected chi connectivity index (χ0v) is 13.5. The monoisotopic (exact) mass is 274 g/mol. The third kappa shape index (κ3) is 3.50. The van der Waals surface area contributed by atoms with Gasteiger partial charge in [-0.3, -0.25) is 0 Å². The summed E-state index contributed by atoms with van der Waals surface area (Å²) in [6.07, 6.45) is 15.0. The van der Waals surface area contributed by atoms with Gasteiger partial charge in [0, 0.05) is 0 Å². The molecule has 0 radical (unpaired) electrons. The molecular formula is C16H26N4. The fourth-order valence-corrected chi connectivity index (χ4v) is 1.92. The fraction of sp³-hybridized carbons (Fsp3) is 0.625. The maximum absolute atomic E-state index is 3.36. The number of nitrogens with zero attached hydrogens (tertiary/aromatic N) is 4. The summed E-state index contributed by atoms with van der Waals surface area (Å²) in [6.45, 7) is 14.9. The van der Waals surface area contributed by atoms with Crippen LogP contribution in [0.5, 0.6) is 0 Å². The molecule has 20 heavy (non-hydrogen) atoms. The van der Waals surface area contributed by atoms with Crippen LogP contribution in [0.25, 0.3) is 0 Å². The van der Waals surface area contributed by atoms with Crippen molar-refractivity contribution in [3.8, 4) is 0 Å². The molecule has 0 fully saturated rings. The van der Waals surface area contributed by atoms with E-state index in [0.29, 0.717) is 0 Å². The van der Waals surface area contributed by atoms with Crippen LogP contribution in [0.15, 0.2) is 24.8 Å². The quantitative estimate of drug-likeness (QED) is 0.599. The fourth-order valence-electron chi connectivity index (χ4n) is 1.92. The molecule has 0 atom stereocenters. The van der Waals surface area contributed by atoms with Crippen molar-refractivity contribution in [3.63, 3.8) is 0 Å². The molecule has 2 aromatic heterocycles. The second kappa shape index (κ2) is 5.08. The minimum Gasteiger partial charge on any atom is -0.348 e. The Hall–Kier alpha value is -1.58. The Morgan fingerprint density at radius 1 is 0.950 bits per heavy atom. The van der Waals surface area contributed by atoms with Gasteiger partial charge in [-0.05, 0) is 66.3 Å². The van der Waals surface area contributed by atoms with Gasteiger partial charge in [0.1, 0.15) is 13.1 Å². The van der Waals surface area contributed by atoms with Gasteiger partial charge in [-0.25, -0.2) is 0 Å². The Kier molecular flexibility index (Phi) is 3.76. The summed E-state index contributed by atoms with van der Waals surface area (Å²) < 4.78 is 8.42. The Balaban J connectivity index is 1.99. The van der Waals surface area contributed by atoms with Crippen molar-refractivity contribution in [1.82, 2.24) is 9.13 Å². The smallest absolute Gasteiger partial charge is 0.204 e. The van der Waals surface area contributed by atoms with E-state index in [1.54, 1.807) is 0 Å². The van der Waals surface area contributed by atoms with E-state index in [1.165, 1.54) is 0 Å². The van der Waals surface area contributed by atoms with Crippen molar-refractivity contribution in [2.24, 2.45) is 0 Å². The van der Waals surface area contributed by atoms with Crippen LogP contribution in [0.3, 0.4) is 0 Å². The van der Waals surface area contributed by atoms with Crippen LogP contribution >= 0.6 is 0 Å². The van der Waals surface area contributed by atoms with E-state index in [2.05, 4.69) is 97.3 Å². The highest BCUT2D eigenvalue weighted by molar-refractivity contribution is 4.77. The lowest BCUT2D eigenvalue weighted by Gasteiger charge is -2.18. The number of rotatable bonds is 3. The zero-order chi connectivity index (χ0) is 15.0. The first-order chi connectivity index (χ1) is 9.16. The molecule has 110 valence electrons. The van der Waals surface area contributed by atoms with Crippen molar-refractivity contribution in [2.75, 3.05) is 0 Å². The molecule has 2 heterocycles. The predicted octanol–water partition coefficient (Wildman–Crippen LogP) is 1.68. The van der Waals surface area contributed by atoms with Gasteiger partial charge in [0.25, 0.3) is 0 Å². The van der Waals surface area contributed by atoms with E-state index in [0.717, 1.165) is 13.1 Å². The minimum absolute atomic E-state index is 0.0834. The first-order valence-electron chi connectivity index (χ1n) is 7.17. The minimum atomic E-state index is 0.0834. The molecule has 0 saturated heterocycles. The molecule has 0 unspecified atom stereocenters. The molecule has 0 aromatic carbocycles. The summed E-state index contributed by atoms with van der Waals surface area (Å²) in [5, 5.41) is 0. The van der Waals surface area contributed by atoms with E-state index >= 15 is 0 Å². The maximum atomic E-state index is 3.36. The maximum Gasteiger partial charge on any atom is 0.204 e. The standard InChI is InChI=1S/C16H26N4/c1-15(2,3)19-11-9-17(13-19)7-8-18-10-12-20(14-18)16(4,5)6/h9-12H,7-8H2,1-6H3. The van der Waals surface area contributed by atoms with Gasteiger partial charge >= 0.3 is 0 Å². The van der Waals surface area contributed by atoms with Crippen molar-refractivity contribution in [1.29, 1.82) is 0 Å². The number of imidazole rings is 2. The molecule has 2 rings (SSSR count). The summed E-state index contributed by atoms with van der Waals surface area (Å²) in [4.78, 5) is 0. The molecule has 0 saturated carbocycles. The average molecular weight is 274 g/mol. The first-order valence-corrected chi connectivity index (χ1v) is 7.17. The number of hydrogen-bond donors (Lipinski definition) is 0. The molecule has 4 nitrogen and oxygen atoms in total. The second-order valence-electron chi connectivity index (χ2n) is 7.26. The Labute approximate surface area is 122 Å². The summed E-state index contributed by atoms with van der Waals surface area (Å²) in [5.74, 6) is 0. The van der Waals surface area contributed by atoms with Crippen LogP contribution in [0.4, 0.5) is 0 Å². The molecule has 0 aliphatic heterocycles. The van der Waals surface area contributed by atoms with Gasteiger partial charge in [0.05, 0.1) is 11.1 Å². The van der Waals surface area contributed by atoms with Gasteiger partial charge in [0.2, 0.25) is 12.7 Å². The van der Waals surface area contributed by atoms with Crippen LogP contribution in [-0.4, -0.2) is 9.13 Å². The van der Waals surface area contributed by atoms with Gasteiger partial charge < -0.3 is 18.3 Å². The third-order valence-electron chi connectivity index (χ3n) is 3.29. The predicted molar refractivity (Wildman–Crippen MR) is 76.9 cm³/mol. The molecule has 4 heteroatoms. The van der Waals surface area contributed by atoms with E-state index in [1.807, 2.05) is 0 Å². The van der Waals surface area contributed by atoms with Crippen molar-refractivity contribution >= 4 is 0 Å². The van der Waals surface area contributed by atoms with E-state index in [-0.39, 0.29) is 11.1 Å². The van der Waals surface area contributed by atoms with Gasteiger partial charge in [-0.15, -0.1) is 0 Å².